The molecule has 2 aromatic rings. The van der Waals surface area contributed by atoms with Crippen molar-refractivity contribution < 1.29 is 4.79 Å². The van der Waals surface area contributed by atoms with Gasteiger partial charge in [-0.15, -0.1) is 11.3 Å². The Labute approximate surface area is 141 Å². The van der Waals surface area contributed by atoms with Gasteiger partial charge in [0.2, 0.25) is 5.91 Å². The quantitative estimate of drug-likeness (QED) is 0.934. The number of hydrogen-bond donors (Lipinski definition) is 1. The maximum Gasteiger partial charge on any atom is 0.239 e. The standard InChI is InChI=1S/C18H25N3OS/c1-12(2)11-14(19)18(22)21-9-7-13(8-10-21)17-20-15-5-3-4-6-16(15)23-17/h3-6,12-14H,7-11,19H2,1-2H3/t14-/m0/s1. The number of nitrogens with two attached hydrogens (primary N) is 1. The zero-order valence-electron chi connectivity index (χ0n) is 13.9. The molecule has 0 aliphatic carbocycles. The SMILES string of the molecule is CC(C)C[C@H](N)C(=O)N1CCC(c2nc3ccccc3s2)CC1. The van der Waals surface area contributed by atoms with E-state index in [0.717, 1.165) is 37.9 Å². The van der Waals surface area contributed by atoms with E-state index in [9.17, 15) is 4.79 Å². The number of likely N-dealkylation sites (tertiary alicyclic amines) is 1. The van der Waals surface area contributed by atoms with Gasteiger partial charge in [0.05, 0.1) is 21.3 Å². The van der Waals surface area contributed by atoms with Gasteiger partial charge in [-0.2, -0.15) is 0 Å². The van der Waals surface area contributed by atoms with Gasteiger partial charge in [-0.3, -0.25) is 4.79 Å². The molecule has 0 radical (unpaired) electrons. The highest BCUT2D eigenvalue weighted by atomic mass is 32.1. The Kier molecular flexibility index (Phi) is 4.97. The summed E-state index contributed by atoms with van der Waals surface area (Å²) in [5.74, 6) is 1.04. The second kappa shape index (κ2) is 6.97. The molecule has 1 aromatic heterocycles. The fourth-order valence-electron chi connectivity index (χ4n) is 3.25. The summed E-state index contributed by atoms with van der Waals surface area (Å²) in [6.45, 7) is 5.80. The van der Waals surface area contributed by atoms with Gasteiger partial charge in [0.25, 0.3) is 0 Å². The molecule has 0 unspecified atom stereocenters. The van der Waals surface area contributed by atoms with Crippen LogP contribution in [-0.4, -0.2) is 34.9 Å². The molecule has 2 N–H and O–H groups in total. The number of para-hydroxylation sites is 1. The molecule has 1 aliphatic heterocycles. The monoisotopic (exact) mass is 331 g/mol. The first kappa shape index (κ1) is 16.4. The van der Waals surface area contributed by atoms with Crippen LogP contribution in [0.15, 0.2) is 24.3 Å². The number of thiazole rings is 1. The Bertz CT molecular complexity index is 641. The summed E-state index contributed by atoms with van der Waals surface area (Å²) in [4.78, 5) is 19.1. The van der Waals surface area contributed by atoms with Gasteiger partial charge in [0.1, 0.15) is 0 Å². The molecule has 0 bridgehead atoms. The minimum atomic E-state index is -0.353. The van der Waals surface area contributed by atoms with E-state index >= 15 is 0 Å². The van der Waals surface area contributed by atoms with Crippen molar-refractivity contribution >= 4 is 27.5 Å². The van der Waals surface area contributed by atoms with Crippen molar-refractivity contribution in [2.45, 2.75) is 45.1 Å². The zero-order valence-corrected chi connectivity index (χ0v) is 14.7. The summed E-state index contributed by atoms with van der Waals surface area (Å²) >= 11 is 1.79. The summed E-state index contributed by atoms with van der Waals surface area (Å²) in [6, 6.07) is 7.93. The summed E-state index contributed by atoms with van der Waals surface area (Å²) in [6.07, 6.45) is 2.73. The summed E-state index contributed by atoms with van der Waals surface area (Å²) in [5.41, 5.74) is 7.13. The zero-order chi connectivity index (χ0) is 16.4. The number of benzene rings is 1. The van der Waals surface area contributed by atoms with Crippen molar-refractivity contribution in [3.8, 4) is 0 Å². The van der Waals surface area contributed by atoms with Gasteiger partial charge < -0.3 is 10.6 Å². The van der Waals surface area contributed by atoms with Gasteiger partial charge in [-0.25, -0.2) is 4.98 Å². The van der Waals surface area contributed by atoms with Crippen LogP contribution in [0.5, 0.6) is 0 Å². The van der Waals surface area contributed by atoms with E-state index in [1.54, 1.807) is 11.3 Å². The lowest BCUT2D eigenvalue weighted by atomic mass is 9.96. The second-order valence-electron chi connectivity index (χ2n) is 6.86. The first-order valence-electron chi connectivity index (χ1n) is 8.44. The number of aromatic nitrogens is 1. The molecule has 1 atom stereocenters. The molecule has 3 rings (SSSR count). The van der Waals surface area contributed by atoms with Crippen molar-refractivity contribution in [1.29, 1.82) is 0 Å². The van der Waals surface area contributed by atoms with E-state index < -0.39 is 0 Å². The number of carbonyl (C=O) groups excluding carboxylic acids is 1. The molecule has 2 heterocycles. The largest absolute Gasteiger partial charge is 0.341 e. The molecule has 124 valence electrons. The highest BCUT2D eigenvalue weighted by Crippen LogP contribution is 2.33. The van der Waals surface area contributed by atoms with Gasteiger partial charge in [-0.1, -0.05) is 26.0 Å². The highest BCUT2D eigenvalue weighted by molar-refractivity contribution is 7.18. The number of nitrogens with zero attached hydrogens (tertiary/aromatic N) is 2. The van der Waals surface area contributed by atoms with E-state index in [2.05, 4.69) is 32.0 Å². The van der Waals surface area contributed by atoms with Crippen LogP contribution in [0.3, 0.4) is 0 Å². The average Bonchev–Trinajstić information content (AvgIpc) is 2.97. The van der Waals surface area contributed by atoms with Gasteiger partial charge in [0, 0.05) is 19.0 Å². The molecular weight excluding hydrogens is 306 g/mol. The fourth-order valence-corrected chi connectivity index (χ4v) is 4.39. The normalized spacial score (nSPS) is 17.8. The van der Waals surface area contributed by atoms with E-state index in [1.807, 2.05) is 11.0 Å². The van der Waals surface area contributed by atoms with Crippen LogP contribution in [0.2, 0.25) is 0 Å². The number of fused-ring (bicyclic) bond motifs is 1. The predicted molar refractivity (Wildman–Crippen MR) is 95.6 cm³/mol. The Morgan fingerprint density at radius 3 is 2.70 bits per heavy atom. The molecule has 4 nitrogen and oxygen atoms in total. The summed E-state index contributed by atoms with van der Waals surface area (Å²) < 4.78 is 1.25. The van der Waals surface area contributed by atoms with Crippen LogP contribution in [0.4, 0.5) is 0 Å². The third kappa shape index (κ3) is 3.72. The van der Waals surface area contributed by atoms with E-state index in [4.69, 9.17) is 10.7 Å². The minimum absolute atomic E-state index is 0.112. The lowest BCUT2D eigenvalue weighted by molar-refractivity contribution is -0.134. The van der Waals surface area contributed by atoms with Crippen LogP contribution < -0.4 is 5.73 Å². The van der Waals surface area contributed by atoms with Crippen molar-refractivity contribution in [2.24, 2.45) is 11.7 Å². The molecule has 1 aromatic carbocycles. The van der Waals surface area contributed by atoms with Crippen molar-refractivity contribution in [1.82, 2.24) is 9.88 Å². The molecule has 1 fully saturated rings. The van der Waals surface area contributed by atoms with Crippen LogP contribution >= 0.6 is 11.3 Å². The smallest absolute Gasteiger partial charge is 0.239 e. The predicted octanol–water partition coefficient (Wildman–Crippen LogP) is 3.38. The van der Waals surface area contributed by atoms with Gasteiger partial charge in [-0.05, 0) is 37.3 Å². The lowest BCUT2D eigenvalue weighted by Gasteiger charge is -2.33. The molecule has 1 aliphatic rings. The van der Waals surface area contributed by atoms with Gasteiger partial charge in [0.15, 0.2) is 0 Å². The lowest BCUT2D eigenvalue weighted by Crippen LogP contribution is -2.47. The van der Waals surface area contributed by atoms with Crippen molar-refractivity contribution in [3.63, 3.8) is 0 Å². The maximum absolute atomic E-state index is 12.4. The second-order valence-corrected chi connectivity index (χ2v) is 7.92. The van der Waals surface area contributed by atoms with Crippen LogP contribution in [0, 0.1) is 5.92 Å². The highest BCUT2D eigenvalue weighted by Gasteiger charge is 2.28. The molecular formula is C18H25N3OS. The first-order chi connectivity index (χ1) is 11.0. The van der Waals surface area contributed by atoms with Gasteiger partial charge >= 0.3 is 0 Å². The number of amides is 1. The maximum atomic E-state index is 12.4. The molecule has 1 amide bonds. The average molecular weight is 331 g/mol. The number of carbonyl (C=O) groups is 1. The molecule has 1 saturated heterocycles. The molecule has 0 saturated carbocycles. The molecule has 5 heteroatoms. The fraction of sp³-hybridized carbons (Fsp3) is 0.556. The van der Waals surface area contributed by atoms with Crippen LogP contribution in [0.25, 0.3) is 10.2 Å². The minimum Gasteiger partial charge on any atom is -0.341 e. The number of hydrogen-bond acceptors (Lipinski definition) is 4. The third-order valence-electron chi connectivity index (χ3n) is 4.51. The Morgan fingerprint density at radius 2 is 2.04 bits per heavy atom. The third-order valence-corrected chi connectivity index (χ3v) is 5.71. The van der Waals surface area contributed by atoms with Crippen LogP contribution in [0.1, 0.15) is 44.0 Å². The Hall–Kier alpha value is -1.46. The molecule has 0 spiro atoms. The Morgan fingerprint density at radius 1 is 1.35 bits per heavy atom. The molecule has 23 heavy (non-hydrogen) atoms. The van der Waals surface area contributed by atoms with E-state index in [1.165, 1.54) is 9.71 Å². The summed E-state index contributed by atoms with van der Waals surface area (Å²) in [5, 5.41) is 1.21. The van der Waals surface area contributed by atoms with Crippen molar-refractivity contribution in [3.05, 3.63) is 29.3 Å². The number of piperidine rings is 1. The first-order valence-corrected chi connectivity index (χ1v) is 9.26. The summed E-state index contributed by atoms with van der Waals surface area (Å²) in [7, 11) is 0. The van der Waals surface area contributed by atoms with Crippen molar-refractivity contribution in [2.75, 3.05) is 13.1 Å². The topological polar surface area (TPSA) is 59.2 Å². The van der Waals surface area contributed by atoms with E-state index in [-0.39, 0.29) is 11.9 Å². The van der Waals surface area contributed by atoms with E-state index in [0.29, 0.717) is 11.8 Å². The number of rotatable bonds is 4. The Balaban J connectivity index is 1.60. The van der Waals surface area contributed by atoms with Crippen LogP contribution in [-0.2, 0) is 4.79 Å².